The lowest BCUT2D eigenvalue weighted by molar-refractivity contribution is -0.116. The van der Waals surface area contributed by atoms with Crippen molar-refractivity contribution in [3.05, 3.63) is 24.3 Å². The first-order chi connectivity index (χ1) is 10.8. The topological polar surface area (TPSA) is 69.7 Å². The van der Waals surface area contributed by atoms with Crippen LogP contribution in [0.3, 0.4) is 0 Å². The summed E-state index contributed by atoms with van der Waals surface area (Å²) in [6, 6.07) is 8.32. The van der Waals surface area contributed by atoms with Crippen LogP contribution in [-0.4, -0.2) is 51.1 Å². The lowest BCUT2D eigenvalue weighted by atomic mass is 10.1. The predicted octanol–water partition coefficient (Wildman–Crippen LogP) is 1.51. The summed E-state index contributed by atoms with van der Waals surface area (Å²) < 4.78 is 23.9. The monoisotopic (exact) mass is 337 g/mol. The minimum atomic E-state index is -3.36. The molecule has 1 heterocycles. The Balaban J connectivity index is 1.72. The molecule has 0 spiro atoms. The van der Waals surface area contributed by atoms with Gasteiger partial charge in [0.25, 0.3) is 0 Å². The van der Waals surface area contributed by atoms with E-state index in [0.717, 1.165) is 34.4 Å². The second-order valence-corrected chi connectivity index (χ2v) is 8.66. The molecule has 1 aromatic rings. The van der Waals surface area contributed by atoms with E-state index in [1.54, 1.807) is 0 Å². The average Bonchev–Trinajstić information content (AvgIpc) is 3.09. The van der Waals surface area contributed by atoms with Crippen molar-refractivity contribution >= 4 is 27.3 Å². The maximum Gasteiger partial charge on any atom is 0.239 e. The number of hydrogen-bond donors (Lipinski definition) is 1. The van der Waals surface area contributed by atoms with Gasteiger partial charge in [-0.3, -0.25) is 4.79 Å². The number of amides is 1. The van der Waals surface area contributed by atoms with Crippen LogP contribution in [0, 0.1) is 5.92 Å². The van der Waals surface area contributed by atoms with Crippen LogP contribution in [0.5, 0.6) is 0 Å². The third-order valence-electron chi connectivity index (χ3n) is 4.83. The number of nitrogens with one attached hydrogen (secondary N) is 1. The van der Waals surface area contributed by atoms with Crippen LogP contribution >= 0.6 is 0 Å². The molecule has 2 unspecified atom stereocenters. The number of sulfonamides is 1. The molecule has 1 aliphatic carbocycles. The Morgan fingerprint density at radius 2 is 2.09 bits per heavy atom. The molecule has 3 rings (SSSR count). The molecule has 2 aliphatic rings. The fourth-order valence-electron chi connectivity index (χ4n) is 3.56. The zero-order valence-corrected chi connectivity index (χ0v) is 14.3. The summed E-state index contributed by atoms with van der Waals surface area (Å²) in [4.78, 5) is 14.5. The Morgan fingerprint density at radius 1 is 1.35 bits per heavy atom. The Morgan fingerprint density at radius 3 is 2.70 bits per heavy atom. The molecule has 1 saturated carbocycles. The molecule has 2 atom stereocenters. The molecule has 1 amide bonds. The van der Waals surface area contributed by atoms with Crippen molar-refractivity contribution in [1.29, 1.82) is 0 Å². The van der Waals surface area contributed by atoms with Gasteiger partial charge in [0.05, 0.1) is 24.2 Å². The zero-order valence-electron chi connectivity index (χ0n) is 13.5. The third kappa shape index (κ3) is 3.50. The van der Waals surface area contributed by atoms with E-state index in [0.29, 0.717) is 6.04 Å². The first kappa shape index (κ1) is 16.3. The number of carbonyl (C=O) groups excluding carboxylic acids is 1. The van der Waals surface area contributed by atoms with E-state index in [-0.39, 0.29) is 12.5 Å². The molecule has 1 aliphatic heterocycles. The van der Waals surface area contributed by atoms with Gasteiger partial charge < -0.3 is 10.2 Å². The zero-order chi connectivity index (χ0) is 16.6. The highest BCUT2D eigenvalue weighted by Crippen LogP contribution is 2.42. The average molecular weight is 337 g/mol. The SMILES string of the molecule is CN(CC(=O)Nc1ccccc1N1CC2CCC1C2)S(C)(=O)=O. The highest BCUT2D eigenvalue weighted by Gasteiger charge is 2.38. The van der Waals surface area contributed by atoms with Gasteiger partial charge in [-0.15, -0.1) is 0 Å². The first-order valence-electron chi connectivity index (χ1n) is 7.91. The number of hydrogen-bond acceptors (Lipinski definition) is 4. The van der Waals surface area contributed by atoms with Gasteiger partial charge in [0.15, 0.2) is 0 Å². The Kier molecular flexibility index (Phi) is 4.33. The van der Waals surface area contributed by atoms with Crippen LogP contribution in [0.2, 0.25) is 0 Å². The quantitative estimate of drug-likeness (QED) is 0.884. The third-order valence-corrected chi connectivity index (χ3v) is 6.09. The van der Waals surface area contributed by atoms with Crippen molar-refractivity contribution in [1.82, 2.24) is 4.31 Å². The molecule has 2 bridgehead atoms. The molecule has 1 saturated heterocycles. The van der Waals surface area contributed by atoms with Crippen LogP contribution in [0.15, 0.2) is 24.3 Å². The lowest BCUT2D eigenvalue weighted by Crippen LogP contribution is -2.35. The summed E-state index contributed by atoms with van der Waals surface area (Å²) in [5, 5.41) is 2.86. The predicted molar refractivity (Wildman–Crippen MR) is 91.0 cm³/mol. The van der Waals surface area contributed by atoms with Gasteiger partial charge in [0.2, 0.25) is 15.9 Å². The summed E-state index contributed by atoms with van der Waals surface area (Å²) in [6.45, 7) is 0.861. The molecule has 0 aromatic heterocycles. The molecule has 1 N–H and O–H groups in total. The van der Waals surface area contributed by atoms with Crippen LogP contribution in [-0.2, 0) is 14.8 Å². The molecule has 2 fully saturated rings. The second-order valence-electron chi connectivity index (χ2n) is 6.57. The van der Waals surface area contributed by atoms with Gasteiger partial charge in [-0.25, -0.2) is 8.42 Å². The summed E-state index contributed by atoms with van der Waals surface area (Å²) in [6.07, 6.45) is 4.84. The van der Waals surface area contributed by atoms with E-state index in [1.165, 1.54) is 26.3 Å². The van der Waals surface area contributed by atoms with Crippen LogP contribution in [0.1, 0.15) is 19.3 Å². The number of rotatable bonds is 5. The molecular formula is C16H23N3O3S. The number of piperidine rings is 1. The normalized spacial score (nSPS) is 23.5. The lowest BCUT2D eigenvalue weighted by Gasteiger charge is -2.31. The smallest absolute Gasteiger partial charge is 0.239 e. The molecule has 1 aromatic carbocycles. The Hall–Kier alpha value is -1.60. The maximum absolute atomic E-state index is 12.2. The maximum atomic E-state index is 12.2. The van der Waals surface area contributed by atoms with E-state index >= 15 is 0 Å². The van der Waals surface area contributed by atoms with E-state index in [1.807, 2.05) is 24.3 Å². The molecular weight excluding hydrogens is 314 g/mol. The summed E-state index contributed by atoms with van der Waals surface area (Å²) in [7, 11) is -1.96. The van der Waals surface area contributed by atoms with E-state index in [4.69, 9.17) is 0 Å². The molecule has 23 heavy (non-hydrogen) atoms. The number of benzene rings is 1. The van der Waals surface area contributed by atoms with Gasteiger partial charge in [0, 0.05) is 19.6 Å². The molecule has 0 radical (unpaired) electrons. The van der Waals surface area contributed by atoms with Crippen molar-refractivity contribution < 1.29 is 13.2 Å². The second kappa shape index (κ2) is 6.13. The van der Waals surface area contributed by atoms with Gasteiger partial charge in [0.1, 0.15) is 0 Å². The van der Waals surface area contributed by atoms with Crippen LogP contribution < -0.4 is 10.2 Å². The van der Waals surface area contributed by atoms with Gasteiger partial charge in [-0.1, -0.05) is 12.1 Å². The fraction of sp³-hybridized carbons (Fsp3) is 0.562. The molecule has 7 heteroatoms. The highest BCUT2D eigenvalue weighted by atomic mass is 32.2. The summed E-state index contributed by atoms with van der Waals surface area (Å²) >= 11 is 0. The van der Waals surface area contributed by atoms with E-state index < -0.39 is 10.0 Å². The van der Waals surface area contributed by atoms with E-state index in [2.05, 4.69) is 10.2 Å². The number of para-hydroxylation sites is 2. The Bertz CT molecular complexity index is 704. The van der Waals surface area contributed by atoms with Crippen molar-refractivity contribution in [2.24, 2.45) is 5.92 Å². The van der Waals surface area contributed by atoms with Crippen LogP contribution in [0.25, 0.3) is 0 Å². The van der Waals surface area contributed by atoms with Gasteiger partial charge >= 0.3 is 0 Å². The minimum absolute atomic E-state index is 0.181. The van der Waals surface area contributed by atoms with Gasteiger partial charge in [-0.2, -0.15) is 4.31 Å². The standard InChI is InChI=1S/C16H23N3O3S/c1-18(23(2,21)22)11-16(20)17-14-5-3-4-6-15(14)19-10-12-7-8-13(19)9-12/h3-6,12-13H,7-11H2,1-2H3,(H,17,20). The van der Waals surface area contributed by atoms with Crippen molar-refractivity contribution in [3.63, 3.8) is 0 Å². The first-order valence-corrected chi connectivity index (χ1v) is 9.76. The molecule has 6 nitrogen and oxygen atoms in total. The number of nitrogens with zero attached hydrogens (tertiary/aromatic N) is 2. The van der Waals surface area contributed by atoms with E-state index in [9.17, 15) is 13.2 Å². The number of carbonyl (C=O) groups is 1. The molecule has 126 valence electrons. The number of fused-ring (bicyclic) bond motifs is 2. The van der Waals surface area contributed by atoms with Crippen molar-refractivity contribution in [2.45, 2.75) is 25.3 Å². The highest BCUT2D eigenvalue weighted by molar-refractivity contribution is 7.88. The summed E-state index contributed by atoms with van der Waals surface area (Å²) in [5.74, 6) is 0.440. The van der Waals surface area contributed by atoms with Crippen LogP contribution in [0.4, 0.5) is 11.4 Å². The number of likely N-dealkylation sites (N-methyl/N-ethyl adjacent to an activating group) is 1. The minimum Gasteiger partial charge on any atom is -0.367 e. The van der Waals surface area contributed by atoms with Crippen molar-refractivity contribution in [3.8, 4) is 0 Å². The summed E-state index contributed by atoms with van der Waals surface area (Å²) in [5.41, 5.74) is 1.79. The van der Waals surface area contributed by atoms with Crippen molar-refractivity contribution in [2.75, 3.05) is 36.6 Å². The number of anilines is 2. The van der Waals surface area contributed by atoms with Gasteiger partial charge in [-0.05, 0) is 37.3 Å². The Labute approximate surface area is 137 Å². The fourth-order valence-corrected chi connectivity index (χ4v) is 3.91. The largest absolute Gasteiger partial charge is 0.367 e.